The zero-order valence-electron chi connectivity index (χ0n) is 8.19. The topological polar surface area (TPSA) is 31.4 Å². The normalized spacial score (nSPS) is 11.8. The van der Waals surface area contributed by atoms with Gasteiger partial charge in [-0.15, -0.1) is 13.2 Å². The van der Waals surface area contributed by atoms with Gasteiger partial charge in [0.05, 0.1) is 13.3 Å². The van der Waals surface area contributed by atoms with Gasteiger partial charge in [-0.25, -0.2) is 13.8 Å². The molecule has 0 aliphatic carbocycles. The molecule has 0 spiro atoms. The van der Waals surface area contributed by atoms with Gasteiger partial charge in [-0.2, -0.15) is 0 Å². The highest BCUT2D eigenvalue weighted by Crippen LogP contribution is 2.41. The van der Waals surface area contributed by atoms with E-state index >= 15 is 0 Å². The fourth-order valence-corrected chi connectivity index (χ4v) is 1.28. The fraction of sp³-hybridized carbons (Fsp3) is 0.375. The summed E-state index contributed by atoms with van der Waals surface area (Å²) in [4.78, 5) is 3.17. The predicted molar refractivity (Wildman–Crippen MR) is 47.4 cm³/mol. The molecule has 0 fully saturated rings. The molecule has 0 atom stereocenters. The van der Waals surface area contributed by atoms with Crippen LogP contribution in [0.2, 0.25) is 5.15 Å². The molecule has 1 aromatic rings. The maximum atomic E-state index is 12.5. The number of aromatic nitrogens is 1. The Hall–Kier alpha value is -1.31. The average Bonchev–Trinajstić information content (AvgIpc) is 2.17. The van der Waals surface area contributed by atoms with E-state index in [1.807, 2.05) is 0 Å². The third kappa shape index (κ3) is 3.32. The van der Waals surface area contributed by atoms with Crippen molar-refractivity contribution in [2.45, 2.75) is 12.8 Å². The lowest BCUT2D eigenvalue weighted by molar-refractivity contribution is -0.275. The monoisotopic (exact) mass is 277 g/mol. The number of alkyl halides is 5. The Balaban J connectivity index is 3.28. The van der Waals surface area contributed by atoms with Gasteiger partial charge >= 0.3 is 6.36 Å². The average molecular weight is 278 g/mol. The number of nitrogens with zero attached hydrogens (tertiary/aromatic N) is 1. The van der Waals surface area contributed by atoms with Gasteiger partial charge in [0.15, 0.2) is 11.5 Å². The second kappa shape index (κ2) is 4.91. The molecule has 0 saturated carbocycles. The maximum absolute atomic E-state index is 12.5. The molecule has 17 heavy (non-hydrogen) atoms. The number of hydrogen-bond donors (Lipinski definition) is 0. The van der Waals surface area contributed by atoms with Crippen LogP contribution in [-0.4, -0.2) is 18.5 Å². The molecule has 3 nitrogen and oxygen atoms in total. The van der Waals surface area contributed by atoms with Crippen LogP contribution < -0.4 is 9.47 Å². The van der Waals surface area contributed by atoms with E-state index in [0.717, 1.165) is 7.11 Å². The summed E-state index contributed by atoms with van der Waals surface area (Å²) in [5, 5.41) is -0.647. The van der Waals surface area contributed by atoms with Gasteiger partial charge in [0.1, 0.15) is 10.7 Å². The molecule has 0 radical (unpaired) electrons. The first-order valence-corrected chi connectivity index (χ1v) is 4.40. The number of hydrogen-bond acceptors (Lipinski definition) is 3. The summed E-state index contributed by atoms with van der Waals surface area (Å²) < 4.78 is 68.9. The fourth-order valence-electron chi connectivity index (χ4n) is 1.07. The van der Waals surface area contributed by atoms with E-state index in [1.54, 1.807) is 0 Å². The van der Waals surface area contributed by atoms with Crippen LogP contribution in [0.25, 0.3) is 0 Å². The van der Waals surface area contributed by atoms with E-state index in [9.17, 15) is 22.0 Å². The number of ether oxygens (including phenoxy) is 2. The Morgan fingerprint density at radius 1 is 1.35 bits per heavy atom. The molecule has 0 saturated heterocycles. The second-order valence-corrected chi connectivity index (χ2v) is 3.07. The van der Waals surface area contributed by atoms with E-state index in [1.165, 1.54) is 0 Å². The second-order valence-electron chi connectivity index (χ2n) is 2.71. The highest BCUT2D eigenvalue weighted by molar-refractivity contribution is 6.30. The highest BCUT2D eigenvalue weighted by atomic mass is 35.5. The smallest absolute Gasteiger partial charge is 0.492 e. The van der Waals surface area contributed by atoms with Gasteiger partial charge in [-0.3, -0.25) is 0 Å². The first-order chi connectivity index (χ1) is 7.76. The summed E-state index contributed by atoms with van der Waals surface area (Å²) in [5.41, 5.74) is -0.948. The van der Waals surface area contributed by atoms with Crippen molar-refractivity contribution in [3.05, 3.63) is 16.9 Å². The van der Waals surface area contributed by atoms with Crippen LogP contribution >= 0.6 is 11.6 Å². The standard InChI is InChI=1S/C8H5ClF5NO2/c1-16-5-3(17-8(12,13)14)2-15-6(9)4(5)7(10)11/h2,7H,1H3. The van der Waals surface area contributed by atoms with Gasteiger partial charge < -0.3 is 9.47 Å². The van der Waals surface area contributed by atoms with Gasteiger partial charge in [-0.1, -0.05) is 11.6 Å². The van der Waals surface area contributed by atoms with E-state index in [0.29, 0.717) is 6.20 Å². The van der Waals surface area contributed by atoms with Crippen molar-refractivity contribution >= 4 is 11.6 Å². The van der Waals surface area contributed by atoms with Crippen molar-refractivity contribution < 1.29 is 31.4 Å². The minimum Gasteiger partial charge on any atom is -0.492 e. The van der Waals surface area contributed by atoms with E-state index in [2.05, 4.69) is 14.5 Å². The van der Waals surface area contributed by atoms with Crippen LogP contribution in [-0.2, 0) is 0 Å². The Morgan fingerprint density at radius 3 is 2.35 bits per heavy atom. The third-order valence-corrected chi connectivity index (χ3v) is 1.94. The van der Waals surface area contributed by atoms with Gasteiger partial charge in [0.2, 0.25) is 0 Å². The number of halogens is 6. The van der Waals surface area contributed by atoms with Gasteiger partial charge in [0.25, 0.3) is 6.43 Å². The zero-order valence-corrected chi connectivity index (χ0v) is 8.94. The van der Waals surface area contributed by atoms with Crippen molar-refractivity contribution in [2.75, 3.05) is 7.11 Å². The van der Waals surface area contributed by atoms with Crippen LogP contribution in [0, 0.1) is 0 Å². The summed E-state index contributed by atoms with van der Waals surface area (Å²) in [6, 6.07) is 0. The molecule has 1 heterocycles. The van der Waals surface area contributed by atoms with Crippen LogP contribution in [0.3, 0.4) is 0 Å². The minimum absolute atomic E-state index is 0.556. The van der Waals surface area contributed by atoms with Crippen LogP contribution in [0.1, 0.15) is 12.0 Å². The van der Waals surface area contributed by atoms with Crippen molar-refractivity contribution in [3.63, 3.8) is 0 Å². The van der Waals surface area contributed by atoms with Crippen molar-refractivity contribution in [1.29, 1.82) is 0 Å². The van der Waals surface area contributed by atoms with Crippen molar-refractivity contribution in [3.8, 4) is 11.5 Å². The van der Waals surface area contributed by atoms with Crippen LogP contribution in [0.4, 0.5) is 22.0 Å². The minimum atomic E-state index is -5.04. The molecule has 0 aromatic carbocycles. The molecule has 0 amide bonds. The molecule has 0 bridgehead atoms. The predicted octanol–water partition coefficient (Wildman–Crippen LogP) is 3.58. The Labute approximate surface area is 97.1 Å². The Kier molecular flexibility index (Phi) is 3.97. The quantitative estimate of drug-likeness (QED) is 0.625. The van der Waals surface area contributed by atoms with Crippen LogP contribution in [0.5, 0.6) is 11.5 Å². The maximum Gasteiger partial charge on any atom is 0.573 e. The van der Waals surface area contributed by atoms with E-state index in [4.69, 9.17) is 11.6 Å². The molecule has 0 N–H and O–H groups in total. The largest absolute Gasteiger partial charge is 0.573 e. The summed E-state index contributed by atoms with van der Waals surface area (Å²) in [6.45, 7) is 0. The SMILES string of the molecule is COc1c(OC(F)(F)F)cnc(Cl)c1C(F)F. The molecule has 0 aliphatic heterocycles. The zero-order chi connectivity index (χ0) is 13.2. The third-order valence-electron chi connectivity index (χ3n) is 1.63. The molecule has 96 valence electrons. The molecule has 0 aliphatic rings. The highest BCUT2D eigenvalue weighted by Gasteiger charge is 2.34. The van der Waals surface area contributed by atoms with E-state index in [-0.39, 0.29) is 0 Å². The molecule has 0 unspecified atom stereocenters. The molecular weight excluding hydrogens is 273 g/mol. The van der Waals surface area contributed by atoms with Crippen LogP contribution in [0.15, 0.2) is 6.20 Å². The first kappa shape index (κ1) is 13.8. The number of methoxy groups -OCH3 is 1. The molecule has 1 rings (SSSR count). The number of rotatable bonds is 3. The molecule has 9 heteroatoms. The summed E-state index contributed by atoms with van der Waals surface area (Å²) in [5.74, 6) is -1.77. The number of pyridine rings is 1. The lowest BCUT2D eigenvalue weighted by atomic mass is 10.2. The van der Waals surface area contributed by atoms with Crippen molar-refractivity contribution in [1.82, 2.24) is 4.98 Å². The van der Waals surface area contributed by atoms with Crippen molar-refractivity contribution in [2.24, 2.45) is 0 Å². The summed E-state index contributed by atoms with van der Waals surface area (Å²) >= 11 is 5.34. The van der Waals surface area contributed by atoms with Gasteiger partial charge in [-0.05, 0) is 0 Å². The molecular formula is C8H5ClF5NO2. The summed E-state index contributed by atoms with van der Waals surface area (Å²) in [7, 11) is 0.917. The Morgan fingerprint density at radius 2 is 1.94 bits per heavy atom. The summed E-state index contributed by atoms with van der Waals surface area (Å²) in [6.07, 6.45) is -7.62. The van der Waals surface area contributed by atoms with Gasteiger partial charge in [0, 0.05) is 0 Å². The molecule has 1 aromatic heterocycles. The van der Waals surface area contributed by atoms with E-state index < -0.39 is 35.0 Å². The lowest BCUT2D eigenvalue weighted by Crippen LogP contribution is -2.18. The lowest BCUT2D eigenvalue weighted by Gasteiger charge is -2.15. The first-order valence-electron chi connectivity index (χ1n) is 4.02. The Bertz CT molecular complexity index is 410.